The molecule has 0 aliphatic carbocycles. The van der Waals surface area contributed by atoms with E-state index in [0.29, 0.717) is 8.95 Å². The molecule has 0 heterocycles. The number of hydrogen-bond donors (Lipinski definition) is 2. The van der Waals surface area contributed by atoms with Gasteiger partial charge in [-0.05, 0) is 41.1 Å². The van der Waals surface area contributed by atoms with Crippen molar-refractivity contribution in [2.75, 3.05) is 6.54 Å². The summed E-state index contributed by atoms with van der Waals surface area (Å²) < 4.78 is 27.1. The SMILES string of the molecule is C[C@H](O)CNS(=O)(=O)c1cc(Br)ccc1Br. The summed E-state index contributed by atoms with van der Waals surface area (Å²) in [5, 5.41) is 9.04. The standard InChI is InChI=1S/C9H11Br2NO3S/c1-6(13)5-12-16(14,15)9-4-7(10)2-3-8(9)11/h2-4,6,12-13H,5H2,1H3/t6-/m0/s1. The highest BCUT2D eigenvalue weighted by Crippen LogP contribution is 2.25. The summed E-state index contributed by atoms with van der Waals surface area (Å²) >= 11 is 6.38. The minimum atomic E-state index is -3.60. The number of sulfonamides is 1. The molecule has 1 aromatic carbocycles. The average Bonchev–Trinajstić information content (AvgIpc) is 2.19. The Morgan fingerprint density at radius 2 is 2.06 bits per heavy atom. The quantitative estimate of drug-likeness (QED) is 0.847. The summed E-state index contributed by atoms with van der Waals surface area (Å²) in [7, 11) is -3.60. The Hall–Kier alpha value is 0.0500. The highest BCUT2D eigenvalue weighted by molar-refractivity contribution is 9.11. The lowest BCUT2D eigenvalue weighted by Gasteiger charge is -2.10. The van der Waals surface area contributed by atoms with Gasteiger partial charge < -0.3 is 5.11 Å². The van der Waals surface area contributed by atoms with E-state index in [2.05, 4.69) is 36.6 Å². The zero-order chi connectivity index (χ0) is 12.3. The van der Waals surface area contributed by atoms with Crippen LogP contribution in [0.2, 0.25) is 0 Å². The van der Waals surface area contributed by atoms with E-state index >= 15 is 0 Å². The van der Waals surface area contributed by atoms with Crippen LogP contribution in [0, 0.1) is 0 Å². The molecule has 0 saturated carbocycles. The predicted octanol–water partition coefficient (Wildman–Crippen LogP) is 1.87. The smallest absolute Gasteiger partial charge is 0.241 e. The van der Waals surface area contributed by atoms with Crippen molar-refractivity contribution >= 4 is 41.9 Å². The first kappa shape index (κ1) is 14.1. The lowest BCUT2D eigenvalue weighted by Crippen LogP contribution is -2.30. The Labute approximate surface area is 111 Å². The van der Waals surface area contributed by atoms with Gasteiger partial charge in [-0.3, -0.25) is 0 Å². The number of benzene rings is 1. The number of aliphatic hydroxyl groups excluding tert-OH is 1. The van der Waals surface area contributed by atoms with Crippen LogP contribution in [-0.2, 0) is 10.0 Å². The Morgan fingerprint density at radius 1 is 1.44 bits per heavy atom. The summed E-state index contributed by atoms with van der Waals surface area (Å²) in [6.07, 6.45) is -0.722. The van der Waals surface area contributed by atoms with Gasteiger partial charge in [0.1, 0.15) is 0 Å². The van der Waals surface area contributed by atoms with Crippen LogP contribution < -0.4 is 4.72 Å². The molecule has 0 amide bonds. The van der Waals surface area contributed by atoms with E-state index in [1.165, 1.54) is 13.0 Å². The molecule has 0 unspecified atom stereocenters. The van der Waals surface area contributed by atoms with Gasteiger partial charge in [0.05, 0.1) is 11.0 Å². The molecule has 0 aliphatic rings. The second-order valence-electron chi connectivity index (χ2n) is 3.28. The molecule has 1 atom stereocenters. The third-order valence-electron chi connectivity index (χ3n) is 1.75. The van der Waals surface area contributed by atoms with Crippen molar-refractivity contribution in [1.82, 2.24) is 4.72 Å². The van der Waals surface area contributed by atoms with Crippen LogP contribution in [-0.4, -0.2) is 26.2 Å². The van der Waals surface area contributed by atoms with Crippen molar-refractivity contribution in [3.05, 3.63) is 27.1 Å². The van der Waals surface area contributed by atoms with Gasteiger partial charge in [0, 0.05) is 15.5 Å². The van der Waals surface area contributed by atoms with Crippen LogP contribution in [0.4, 0.5) is 0 Å². The summed E-state index contributed by atoms with van der Waals surface area (Å²) in [6, 6.07) is 4.87. The van der Waals surface area contributed by atoms with Crippen LogP contribution >= 0.6 is 31.9 Å². The number of nitrogens with one attached hydrogen (secondary N) is 1. The van der Waals surface area contributed by atoms with Crippen LogP contribution in [0.15, 0.2) is 32.0 Å². The van der Waals surface area contributed by atoms with Gasteiger partial charge >= 0.3 is 0 Å². The van der Waals surface area contributed by atoms with Gasteiger partial charge in [-0.25, -0.2) is 13.1 Å². The Bertz CT molecular complexity index is 474. The third-order valence-corrected chi connectivity index (χ3v) is 4.66. The van der Waals surface area contributed by atoms with Gasteiger partial charge in [0.2, 0.25) is 10.0 Å². The molecule has 0 bridgehead atoms. The molecule has 0 fully saturated rings. The fourth-order valence-electron chi connectivity index (χ4n) is 0.991. The molecule has 0 aliphatic heterocycles. The number of rotatable bonds is 4. The van der Waals surface area contributed by atoms with Gasteiger partial charge in [0.25, 0.3) is 0 Å². The van der Waals surface area contributed by atoms with Crippen LogP contribution in [0.5, 0.6) is 0 Å². The van der Waals surface area contributed by atoms with Crippen molar-refractivity contribution in [2.45, 2.75) is 17.9 Å². The highest BCUT2D eigenvalue weighted by Gasteiger charge is 2.18. The number of aliphatic hydroxyl groups is 1. The van der Waals surface area contributed by atoms with E-state index in [4.69, 9.17) is 5.11 Å². The average molecular weight is 373 g/mol. The van der Waals surface area contributed by atoms with E-state index in [9.17, 15) is 8.42 Å². The molecule has 16 heavy (non-hydrogen) atoms. The largest absolute Gasteiger partial charge is 0.392 e. The van der Waals surface area contributed by atoms with E-state index in [1.807, 2.05) is 0 Å². The molecule has 1 aromatic rings. The molecule has 1 rings (SSSR count). The molecule has 90 valence electrons. The maximum absolute atomic E-state index is 11.8. The molecular formula is C9H11Br2NO3S. The lowest BCUT2D eigenvalue weighted by molar-refractivity contribution is 0.198. The summed E-state index contributed by atoms with van der Waals surface area (Å²) in [6.45, 7) is 1.50. The molecular weight excluding hydrogens is 362 g/mol. The molecule has 0 aromatic heterocycles. The zero-order valence-electron chi connectivity index (χ0n) is 8.44. The maximum Gasteiger partial charge on any atom is 0.241 e. The summed E-state index contributed by atoms with van der Waals surface area (Å²) in [5.41, 5.74) is 0. The van der Waals surface area contributed by atoms with Gasteiger partial charge in [-0.2, -0.15) is 0 Å². The monoisotopic (exact) mass is 371 g/mol. The van der Waals surface area contributed by atoms with E-state index in [0.717, 1.165) is 0 Å². The Morgan fingerprint density at radius 3 is 2.62 bits per heavy atom. The van der Waals surface area contributed by atoms with Crippen molar-refractivity contribution in [1.29, 1.82) is 0 Å². The topological polar surface area (TPSA) is 66.4 Å². The second kappa shape index (κ2) is 5.59. The first-order valence-electron chi connectivity index (χ1n) is 4.45. The Balaban J connectivity index is 3.02. The molecule has 0 saturated heterocycles. The fourth-order valence-corrected chi connectivity index (χ4v) is 3.61. The third kappa shape index (κ3) is 3.81. The van der Waals surface area contributed by atoms with Crippen molar-refractivity contribution in [2.24, 2.45) is 0 Å². The molecule has 0 spiro atoms. The van der Waals surface area contributed by atoms with Crippen LogP contribution in [0.3, 0.4) is 0 Å². The molecule has 7 heteroatoms. The van der Waals surface area contributed by atoms with Gasteiger partial charge in [-0.15, -0.1) is 0 Å². The zero-order valence-corrected chi connectivity index (χ0v) is 12.4. The maximum atomic E-state index is 11.8. The fraction of sp³-hybridized carbons (Fsp3) is 0.333. The van der Waals surface area contributed by atoms with Crippen LogP contribution in [0.25, 0.3) is 0 Å². The molecule has 4 nitrogen and oxygen atoms in total. The summed E-state index contributed by atoms with van der Waals surface area (Å²) in [4.78, 5) is 0.141. The number of halogens is 2. The number of hydrogen-bond acceptors (Lipinski definition) is 3. The van der Waals surface area contributed by atoms with Gasteiger partial charge in [-0.1, -0.05) is 15.9 Å². The van der Waals surface area contributed by atoms with E-state index in [1.54, 1.807) is 12.1 Å². The van der Waals surface area contributed by atoms with Crippen molar-refractivity contribution in [3.63, 3.8) is 0 Å². The molecule has 2 N–H and O–H groups in total. The first-order chi connectivity index (χ1) is 7.33. The van der Waals surface area contributed by atoms with Crippen molar-refractivity contribution < 1.29 is 13.5 Å². The normalized spacial score (nSPS) is 13.8. The predicted molar refractivity (Wildman–Crippen MR) is 68.7 cm³/mol. The Kier molecular flexibility index (Phi) is 4.93. The van der Waals surface area contributed by atoms with Crippen molar-refractivity contribution in [3.8, 4) is 0 Å². The minimum absolute atomic E-state index is 0.0126. The van der Waals surface area contributed by atoms with E-state index in [-0.39, 0.29) is 11.4 Å². The lowest BCUT2D eigenvalue weighted by atomic mass is 10.4. The first-order valence-corrected chi connectivity index (χ1v) is 7.52. The summed E-state index contributed by atoms with van der Waals surface area (Å²) in [5.74, 6) is 0. The second-order valence-corrected chi connectivity index (χ2v) is 6.78. The van der Waals surface area contributed by atoms with Crippen LogP contribution in [0.1, 0.15) is 6.92 Å². The van der Waals surface area contributed by atoms with Gasteiger partial charge in [0.15, 0.2) is 0 Å². The molecule has 0 radical (unpaired) electrons. The highest BCUT2D eigenvalue weighted by atomic mass is 79.9. The van der Waals surface area contributed by atoms with E-state index < -0.39 is 16.1 Å². The minimum Gasteiger partial charge on any atom is -0.392 e.